The zero-order valence-corrected chi connectivity index (χ0v) is 7.60. The molecule has 2 aromatic rings. The van der Waals surface area contributed by atoms with Gasteiger partial charge in [-0.1, -0.05) is 11.2 Å². The molecule has 0 aromatic carbocycles. The number of carbonyl (C=O) groups is 1. The first kappa shape index (κ1) is 8.62. The van der Waals surface area contributed by atoms with Crippen LogP contribution in [0.4, 0.5) is 0 Å². The van der Waals surface area contributed by atoms with Crippen LogP contribution < -0.4 is 0 Å². The molecule has 0 bridgehead atoms. The fraction of sp³-hybridized carbons (Fsp3) is 0.100. The van der Waals surface area contributed by atoms with Gasteiger partial charge in [-0.15, -0.1) is 0 Å². The summed E-state index contributed by atoms with van der Waals surface area (Å²) in [5.41, 5.74) is 1.60. The molecule has 0 atom stereocenters. The average molecular weight is 188 g/mol. The maximum Gasteiger partial charge on any atom is 0.155 e. The molecular weight excluding hydrogens is 180 g/mol. The smallest absolute Gasteiger partial charge is 0.155 e. The molecule has 0 saturated heterocycles. The summed E-state index contributed by atoms with van der Waals surface area (Å²) in [4.78, 5) is 14.8. The van der Waals surface area contributed by atoms with E-state index in [2.05, 4.69) is 10.1 Å². The van der Waals surface area contributed by atoms with Gasteiger partial charge in [-0.05, 0) is 19.1 Å². The van der Waals surface area contributed by atoms with Crippen molar-refractivity contribution in [3.63, 3.8) is 0 Å². The number of aromatic nitrogens is 2. The lowest BCUT2D eigenvalue weighted by atomic mass is 10.1. The minimum Gasteiger partial charge on any atom is -0.360 e. The predicted molar refractivity (Wildman–Crippen MR) is 49.9 cm³/mol. The molecule has 0 N–H and O–H groups in total. The van der Waals surface area contributed by atoms with Crippen molar-refractivity contribution in [2.24, 2.45) is 0 Å². The third-order valence-electron chi connectivity index (χ3n) is 1.93. The highest BCUT2D eigenvalue weighted by Crippen LogP contribution is 2.20. The van der Waals surface area contributed by atoms with Gasteiger partial charge in [0.1, 0.15) is 11.5 Å². The fourth-order valence-electron chi connectivity index (χ4n) is 1.21. The highest BCUT2D eigenvalue weighted by atomic mass is 16.5. The summed E-state index contributed by atoms with van der Waals surface area (Å²) in [6, 6.07) is 5.42. The van der Waals surface area contributed by atoms with Gasteiger partial charge in [0.05, 0.1) is 11.3 Å². The SMILES string of the molecule is Cc1onc(-c2ccccn2)c1C=O. The molecule has 0 amide bonds. The van der Waals surface area contributed by atoms with Crippen molar-refractivity contribution in [1.29, 1.82) is 0 Å². The first-order valence-electron chi connectivity index (χ1n) is 4.16. The van der Waals surface area contributed by atoms with E-state index in [1.54, 1.807) is 25.3 Å². The maximum absolute atomic E-state index is 10.8. The monoisotopic (exact) mass is 188 g/mol. The number of hydrogen-bond donors (Lipinski definition) is 0. The number of carbonyl (C=O) groups excluding carboxylic acids is 1. The van der Waals surface area contributed by atoms with Crippen molar-refractivity contribution in [3.8, 4) is 11.4 Å². The first-order chi connectivity index (χ1) is 6.83. The van der Waals surface area contributed by atoms with Crippen LogP contribution in [0.15, 0.2) is 28.9 Å². The zero-order chi connectivity index (χ0) is 9.97. The molecule has 0 aliphatic carbocycles. The van der Waals surface area contributed by atoms with E-state index in [-0.39, 0.29) is 0 Å². The van der Waals surface area contributed by atoms with Gasteiger partial charge in [0.2, 0.25) is 0 Å². The number of aldehydes is 1. The molecule has 0 unspecified atom stereocenters. The molecule has 0 aliphatic heterocycles. The third-order valence-corrected chi connectivity index (χ3v) is 1.93. The molecule has 70 valence electrons. The Morgan fingerprint density at radius 1 is 1.43 bits per heavy atom. The topological polar surface area (TPSA) is 56.0 Å². The largest absolute Gasteiger partial charge is 0.360 e. The van der Waals surface area contributed by atoms with Crippen LogP contribution in [0.2, 0.25) is 0 Å². The zero-order valence-electron chi connectivity index (χ0n) is 7.60. The second kappa shape index (κ2) is 3.41. The Kier molecular flexibility index (Phi) is 2.10. The Hall–Kier alpha value is -1.97. The van der Waals surface area contributed by atoms with Crippen LogP contribution in [0.5, 0.6) is 0 Å². The van der Waals surface area contributed by atoms with Crippen molar-refractivity contribution in [2.45, 2.75) is 6.92 Å². The number of hydrogen-bond acceptors (Lipinski definition) is 4. The molecule has 0 aliphatic rings. The van der Waals surface area contributed by atoms with Gasteiger partial charge in [-0.2, -0.15) is 0 Å². The van der Waals surface area contributed by atoms with E-state index >= 15 is 0 Å². The van der Waals surface area contributed by atoms with Crippen LogP contribution >= 0.6 is 0 Å². The quantitative estimate of drug-likeness (QED) is 0.675. The lowest BCUT2D eigenvalue weighted by molar-refractivity contribution is 0.112. The molecular formula is C10H8N2O2. The Labute approximate surface area is 80.6 Å². The molecule has 14 heavy (non-hydrogen) atoms. The Balaban J connectivity index is 2.57. The second-order valence-corrected chi connectivity index (χ2v) is 2.83. The highest BCUT2D eigenvalue weighted by Gasteiger charge is 2.13. The summed E-state index contributed by atoms with van der Waals surface area (Å²) in [6.45, 7) is 1.70. The number of nitrogens with zero attached hydrogens (tertiary/aromatic N) is 2. The van der Waals surface area contributed by atoms with E-state index in [0.29, 0.717) is 22.7 Å². The lowest BCUT2D eigenvalue weighted by Gasteiger charge is -1.93. The lowest BCUT2D eigenvalue weighted by Crippen LogP contribution is -1.88. The predicted octanol–water partition coefficient (Wildman–Crippen LogP) is 1.86. The molecule has 0 spiro atoms. The van der Waals surface area contributed by atoms with Crippen LogP contribution in [0.1, 0.15) is 16.1 Å². The van der Waals surface area contributed by atoms with E-state index in [1.807, 2.05) is 6.07 Å². The Morgan fingerprint density at radius 3 is 2.93 bits per heavy atom. The van der Waals surface area contributed by atoms with Crippen LogP contribution in [-0.4, -0.2) is 16.4 Å². The van der Waals surface area contributed by atoms with Gasteiger partial charge < -0.3 is 4.52 Å². The molecule has 4 nitrogen and oxygen atoms in total. The standard InChI is InChI=1S/C10H8N2O2/c1-7-8(6-13)10(12-14-7)9-4-2-3-5-11-9/h2-6H,1H3. The number of aryl methyl sites for hydroxylation is 1. The molecule has 2 aromatic heterocycles. The van der Waals surface area contributed by atoms with E-state index in [1.165, 1.54) is 0 Å². The summed E-state index contributed by atoms with van der Waals surface area (Å²) >= 11 is 0. The van der Waals surface area contributed by atoms with E-state index in [4.69, 9.17) is 4.52 Å². The van der Waals surface area contributed by atoms with Crippen molar-refractivity contribution >= 4 is 6.29 Å². The fourth-order valence-corrected chi connectivity index (χ4v) is 1.21. The van der Waals surface area contributed by atoms with Gasteiger partial charge in [-0.3, -0.25) is 9.78 Å². The summed E-state index contributed by atoms with van der Waals surface area (Å²) in [5, 5.41) is 3.79. The van der Waals surface area contributed by atoms with Gasteiger partial charge in [0.25, 0.3) is 0 Å². The van der Waals surface area contributed by atoms with Crippen molar-refractivity contribution in [3.05, 3.63) is 35.7 Å². The number of pyridine rings is 1. The first-order valence-corrected chi connectivity index (χ1v) is 4.16. The van der Waals surface area contributed by atoms with Crippen LogP contribution in [0.25, 0.3) is 11.4 Å². The van der Waals surface area contributed by atoms with Crippen LogP contribution in [0.3, 0.4) is 0 Å². The third kappa shape index (κ3) is 1.31. The summed E-state index contributed by atoms with van der Waals surface area (Å²) < 4.78 is 4.92. The molecule has 0 fully saturated rings. The minimum atomic E-state index is 0.462. The Morgan fingerprint density at radius 2 is 2.29 bits per heavy atom. The maximum atomic E-state index is 10.8. The second-order valence-electron chi connectivity index (χ2n) is 2.83. The van der Waals surface area contributed by atoms with Gasteiger partial charge in [0, 0.05) is 6.20 Å². The summed E-state index contributed by atoms with van der Waals surface area (Å²) in [6.07, 6.45) is 2.38. The molecule has 4 heteroatoms. The highest BCUT2D eigenvalue weighted by molar-refractivity contribution is 5.85. The van der Waals surface area contributed by atoms with Crippen molar-refractivity contribution in [2.75, 3.05) is 0 Å². The molecule has 0 saturated carbocycles. The summed E-state index contributed by atoms with van der Waals surface area (Å²) in [7, 11) is 0. The van der Waals surface area contributed by atoms with Crippen molar-refractivity contribution in [1.82, 2.24) is 10.1 Å². The Bertz CT molecular complexity index is 448. The molecule has 0 radical (unpaired) electrons. The average Bonchev–Trinajstić information content (AvgIpc) is 2.61. The van der Waals surface area contributed by atoms with Crippen molar-refractivity contribution < 1.29 is 9.32 Å². The van der Waals surface area contributed by atoms with Crippen LogP contribution in [-0.2, 0) is 0 Å². The van der Waals surface area contributed by atoms with Gasteiger partial charge in [0.15, 0.2) is 6.29 Å². The minimum absolute atomic E-state index is 0.462. The molecule has 2 rings (SSSR count). The van der Waals surface area contributed by atoms with E-state index in [0.717, 1.165) is 6.29 Å². The number of rotatable bonds is 2. The van der Waals surface area contributed by atoms with E-state index < -0.39 is 0 Å². The normalized spacial score (nSPS) is 10.1. The van der Waals surface area contributed by atoms with E-state index in [9.17, 15) is 4.79 Å². The summed E-state index contributed by atoms with van der Waals surface area (Å²) in [5.74, 6) is 0.514. The van der Waals surface area contributed by atoms with Gasteiger partial charge in [-0.25, -0.2) is 0 Å². The molecule has 2 heterocycles. The van der Waals surface area contributed by atoms with Gasteiger partial charge >= 0.3 is 0 Å². The van der Waals surface area contributed by atoms with Crippen LogP contribution in [0, 0.1) is 6.92 Å².